The van der Waals surface area contributed by atoms with Crippen molar-refractivity contribution in [3.05, 3.63) is 71.8 Å². The molecule has 3 aliphatic rings. The molecule has 3 aromatic rings. The molecule has 0 spiro atoms. The number of rotatable bonds is 6. The monoisotopic (exact) mass is 539 g/mol. The molecule has 3 heterocycles. The van der Waals surface area contributed by atoms with Crippen LogP contribution in [-0.4, -0.2) is 64.6 Å². The number of nitrogens with zero attached hydrogens (tertiary/aromatic N) is 3. The first-order valence-corrected chi connectivity index (χ1v) is 14.3. The molecule has 208 valence electrons. The first kappa shape index (κ1) is 26.5. The number of fused-ring (bicyclic) bond motifs is 1. The minimum Gasteiger partial charge on any atom is -0.497 e. The van der Waals surface area contributed by atoms with E-state index in [1.165, 1.54) is 5.56 Å². The summed E-state index contributed by atoms with van der Waals surface area (Å²) >= 11 is 0. The number of nitriles is 1. The van der Waals surface area contributed by atoms with Crippen LogP contribution in [0.25, 0.3) is 11.1 Å². The van der Waals surface area contributed by atoms with E-state index >= 15 is 0 Å². The molecule has 0 aliphatic carbocycles. The summed E-state index contributed by atoms with van der Waals surface area (Å²) in [6.07, 6.45) is 4.03. The van der Waals surface area contributed by atoms with Gasteiger partial charge in [0.1, 0.15) is 25.0 Å². The quantitative estimate of drug-likeness (QED) is 0.403. The van der Waals surface area contributed by atoms with Crippen molar-refractivity contribution in [2.75, 3.05) is 58.6 Å². The predicted octanol–water partition coefficient (Wildman–Crippen LogP) is 5.61. The van der Waals surface area contributed by atoms with E-state index in [0.29, 0.717) is 24.8 Å². The Balaban J connectivity index is 1.21. The number of methoxy groups -OCH3 is 1. The molecule has 40 heavy (non-hydrogen) atoms. The van der Waals surface area contributed by atoms with Crippen molar-refractivity contribution in [1.29, 1.82) is 5.26 Å². The summed E-state index contributed by atoms with van der Waals surface area (Å²) in [5.74, 6) is 2.38. The van der Waals surface area contributed by atoms with Crippen LogP contribution in [0.3, 0.4) is 0 Å². The van der Waals surface area contributed by atoms with Crippen molar-refractivity contribution in [1.82, 2.24) is 4.90 Å². The Hall–Kier alpha value is -3.73. The molecule has 0 bridgehead atoms. The van der Waals surface area contributed by atoms with Crippen LogP contribution in [0.15, 0.2) is 60.7 Å². The van der Waals surface area contributed by atoms with Gasteiger partial charge in [-0.2, -0.15) is 5.26 Å². The van der Waals surface area contributed by atoms with Crippen LogP contribution in [-0.2, 0) is 10.3 Å². The summed E-state index contributed by atoms with van der Waals surface area (Å²) < 4.78 is 22.7. The van der Waals surface area contributed by atoms with E-state index in [4.69, 9.17) is 18.9 Å². The molecule has 3 aliphatic heterocycles. The van der Waals surface area contributed by atoms with Crippen LogP contribution in [0.1, 0.15) is 36.8 Å². The van der Waals surface area contributed by atoms with Crippen molar-refractivity contribution in [2.45, 2.75) is 37.3 Å². The zero-order valence-electron chi connectivity index (χ0n) is 23.4. The SMILES string of the molecule is COc1ccc(C2(N(C)C3CCN(c4cccc(-c5ccc6c(c5)OCCO6)c4C#N)CC3)CCOCC2)cc1. The highest BCUT2D eigenvalue weighted by molar-refractivity contribution is 5.79. The fourth-order valence-corrected chi connectivity index (χ4v) is 6.67. The lowest BCUT2D eigenvalue weighted by Gasteiger charge is -2.50. The molecule has 0 atom stereocenters. The normalized spacial score (nSPS) is 18.8. The predicted molar refractivity (Wildman–Crippen MR) is 155 cm³/mol. The van der Waals surface area contributed by atoms with E-state index in [-0.39, 0.29) is 5.54 Å². The van der Waals surface area contributed by atoms with Crippen molar-refractivity contribution in [3.63, 3.8) is 0 Å². The zero-order chi connectivity index (χ0) is 27.5. The molecule has 0 amide bonds. The van der Waals surface area contributed by atoms with Gasteiger partial charge in [0.05, 0.1) is 23.9 Å². The molecule has 0 radical (unpaired) electrons. The number of anilines is 1. The first-order valence-electron chi connectivity index (χ1n) is 14.3. The second kappa shape index (κ2) is 11.4. The van der Waals surface area contributed by atoms with E-state index in [1.54, 1.807) is 7.11 Å². The molecule has 0 N–H and O–H groups in total. The second-order valence-electron chi connectivity index (χ2n) is 10.9. The summed E-state index contributed by atoms with van der Waals surface area (Å²) in [6.45, 7) is 4.46. The number of hydrogen-bond acceptors (Lipinski definition) is 7. The van der Waals surface area contributed by atoms with Crippen molar-refractivity contribution >= 4 is 5.69 Å². The Kier molecular flexibility index (Phi) is 7.55. The molecule has 7 nitrogen and oxygen atoms in total. The van der Waals surface area contributed by atoms with E-state index in [1.807, 2.05) is 24.3 Å². The Morgan fingerprint density at radius 2 is 1.65 bits per heavy atom. The maximum absolute atomic E-state index is 10.3. The molecule has 7 heteroatoms. The zero-order valence-corrected chi connectivity index (χ0v) is 23.4. The van der Waals surface area contributed by atoms with Crippen LogP contribution in [0.2, 0.25) is 0 Å². The standard InChI is InChI=1S/C33H37N3O4/c1-35(33(14-18-38-19-15-33)25-7-9-27(37-2)10-8-25)26-12-16-36(17-13-26)30-5-3-4-28(29(30)23-34)24-6-11-31-32(22-24)40-21-20-39-31/h3-11,22,26H,12-21H2,1-2H3. The molecule has 0 saturated carbocycles. The minimum absolute atomic E-state index is 0.0483. The van der Waals surface area contributed by atoms with Crippen molar-refractivity contribution in [2.24, 2.45) is 0 Å². The van der Waals surface area contributed by atoms with Gasteiger partial charge in [-0.3, -0.25) is 4.90 Å². The van der Waals surface area contributed by atoms with Gasteiger partial charge in [-0.05, 0) is 74.2 Å². The number of hydrogen-bond donors (Lipinski definition) is 0. The molecule has 0 unspecified atom stereocenters. The third kappa shape index (κ3) is 4.87. The van der Waals surface area contributed by atoms with Crippen LogP contribution in [0.4, 0.5) is 5.69 Å². The van der Waals surface area contributed by atoms with Crippen molar-refractivity contribution in [3.8, 4) is 34.4 Å². The minimum atomic E-state index is -0.0483. The molecule has 2 fully saturated rings. The number of benzene rings is 3. The Morgan fingerprint density at radius 3 is 2.35 bits per heavy atom. The Bertz CT molecular complexity index is 1370. The highest BCUT2D eigenvalue weighted by atomic mass is 16.6. The van der Waals surface area contributed by atoms with Crippen LogP contribution in [0, 0.1) is 11.3 Å². The van der Waals surface area contributed by atoms with E-state index in [9.17, 15) is 5.26 Å². The van der Waals surface area contributed by atoms with E-state index in [2.05, 4.69) is 59.3 Å². The number of piperidine rings is 1. The lowest BCUT2D eigenvalue weighted by Crippen LogP contribution is -2.55. The van der Waals surface area contributed by atoms with Gasteiger partial charge in [0, 0.05) is 37.9 Å². The maximum atomic E-state index is 10.3. The van der Waals surface area contributed by atoms with Gasteiger partial charge >= 0.3 is 0 Å². The smallest absolute Gasteiger partial charge is 0.161 e. The van der Waals surface area contributed by atoms with Gasteiger partial charge in [-0.25, -0.2) is 0 Å². The average molecular weight is 540 g/mol. The summed E-state index contributed by atoms with van der Waals surface area (Å²) in [7, 11) is 4.00. The van der Waals surface area contributed by atoms with Gasteiger partial charge < -0.3 is 23.8 Å². The third-order valence-corrected chi connectivity index (χ3v) is 8.98. The topological polar surface area (TPSA) is 67.2 Å². The fraction of sp³-hybridized carbons (Fsp3) is 0.424. The molecule has 6 rings (SSSR count). The fourth-order valence-electron chi connectivity index (χ4n) is 6.67. The maximum Gasteiger partial charge on any atom is 0.161 e. The Morgan fingerprint density at radius 1 is 0.925 bits per heavy atom. The van der Waals surface area contributed by atoms with Crippen LogP contribution < -0.4 is 19.1 Å². The summed E-state index contributed by atoms with van der Waals surface area (Å²) in [6, 6.07) is 23.7. The molecular formula is C33H37N3O4. The molecular weight excluding hydrogens is 502 g/mol. The van der Waals surface area contributed by atoms with Gasteiger partial charge in [-0.15, -0.1) is 0 Å². The van der Waals surface area contributed by atoms with Gasteiger partial charge in [0.2, 0.25) is 0 Å². The lowest BCUT2D eigenvalue weighted by atomic mass is 9.79. The number of ether oxygens (including phenoxy) is 4. The largest absolute Gasteiger partial charge is 0.497 e. The molecule has 2 saturated heterocycles. The van der Waals surface area contributed by atoms with Gasteiger partial charge in [-0.1, -0.05) is 30.3 Å². The highest BCUT2D eigenvalue weighted by Gasteiger charge is 2.42. The van der Waals surface area contributed by atoms with E-state index < -0.39 is 0 Å². The van der Waals surface area contributed by atoms with Crippen LogP contribution >= 0.6 is 0 Å². The average Bonchev–Trinajstić information content (AvgIpc) is 3.04. The van der Waals surface area contributed by atoms with Gasteiger partial charge in [0.25, 0.3) is 0 Å². The summed E-state index contributed by atoms with van der Waals surface area (Å²) in [5.41, 5.74) is 4.90. The summed E-state index contributed by atoms with van der Waals surface area (Å²) in [5, 5.41) is 10.3. The van der Waals surface area contributed by atoms with Crippen molar-refractivity contribution < 1.29 is 18.9 Å². The van der Waals surface area contributed by atoms with E-state index in [0.717, 1.165) is 86.0 Å². The second-order valence-corrected chi connectivity index (χ2v) is 10.9. The van der Waals surface area contributed by atoms with Gasteiger partial charge in [0.15, 0.2) is 11.5 Å². The van der Waals surface area contributed by atoms with Crippen LogP contribution in [0.5, 0.6) is 17.2 Å². The molecule has 3 aromatic carbocycles. The summed E-state index contributed by atoms with van der Waals surface area (Å²) in [4.78, 5) is 5.00. The Labute approximate surface area is 236 Å². The lowest BCUT2D eigenvalue weighted by molar-refractivity contribution is -0.0431. The highest BCUT2D eigenvalue weighted by Crippen LogP contribution is 2.42. The molecule has 0 aromatic heterocycles. The first-order chi connectivity index (χ1) is 19.6. The third-order valence-electron chi connectivity index (χ3n) is 8.98.